The Kier molecular flexibility index (Phi) is 7.03. The van der Waals surface area contributed by atoms with Crippen LogP contribution in [-0.2, 0) is 12.8 Å². The maximum absolute atomic E-state index is 13.1. The SMILES string of the molecule is C.CCCc1[nH]c(=O)c(Cc2cnc3ccc(OC)cc3c2)c2cc(OC)c(OC)cc12. The molecule has 32 heavy (non-hydrogen) atoms. The van der Waals surface area contributed by atoms with Gasteiger partial charge in [0.15, 0.2) is 11.5 Å². The largest absolute Gasteiger partial charge is 0.497 e. The van der Waals surface area contributed by atoms with Crippen LogP contribution in [0.4, 0.5) is 0 Å². The Morgan fingerprint density at radius 3 is 2.31 bits per heavy atom. The summed E-state index contributed by atoms with van der Waals surface area (Å²) in [7, 11) is 4.86. The lowest BCUT2D eigenvalue weighted by Crippen LogP contribution is -2.16. The van der Waals surface area contributed by atoms with Crippen LogP contribution >= 0.6 is 0 Å². The van der Waals surface area contributed by atoms with Gasteiger partial charge in [-0.15, -0.1) is 0 Å². The molecule has 0 radical (unpaired) electrons. The summed E-state index contributed by atoms with van der Waals surface area (Å²) < 4.78 is 16.3. The van der Waals surface area contributed by atoms with Crippen molar-refractivity contribution < 1.29 is 14.2 Å². The summed E-state index contributed by atoms with van der Waals surface area (Å²) in [5.74, 6) is 2.02. The molecule has 6 nitrogen and oxygen atoms in total. The first-order valence-corrected chi connectivity index (χ1v) is 10.3. The van der Waals surface area contributed by atoms with Crippen molar-refractivity contribution in [3.05, 3.63) is 69.8 Å². The number of aryl methyl sites for hydroxylation is 1. The summed E-state index contributed by atoms with van der Waals surface area (Å²) in [6, 6.07) is 11.7. The molecular formula is C26H30N2O4. The van der Waals surface area contributed by atoms with Crippen LogP contribution in [0.15, 0.2) is 47.4 Å². The number of nitrogens with zero attached hydrogens (tertiary/aromatic N) is 1. The molecule has 0 spiro atoms. The fraction of sp³-hybridized carbons (Fsp3) is 0.308. The molecule has 2 heterocycles. The smallest absolute Gasteiger partial charge is 0.252 e. The van der Waals surface area contributed by atoms with Gasteiger partial charge in [-0.05, 0) is 53.8 Å². The van der Waals surface area contributed by atoms with Crippen LogP contribution in [0.2, 0.25) is 0 Å². The second-order valence-electron chi connectivity index (χ2n) is 7.49. The van der Waals surface area contributed by atoms with Crippen LogP contribution in [0.25, 0.3) is 21.7 Å². The maximum atomic E-state index is 13.1. The number of nitrogens with one attached hydrogen (secondary N) is 1. The van der Waals surface area contributed by atoms with E-state index in [0.29, 0.717) is 23.5 Å². The molecule has 0 bridgehead atoms. The van der Waals surface area contributed by atoms with E-state index in [9.17, 15) is 4.79 Å². The number of fused-ring (bicyclic) bond motifs is 2. The van der Waals surface area contributed by atoms with Crippen LogP contribution in [0.3, 0.4) is 0 Å². The van der Waals surface area contributed by atoms with Crippen LogP contribution in [-0.4, -0.2) is 31.3 Å². The van der Waals surface area contributed by atoms with Gasteiger partial charge < -0.3 is 19.2 Å². The average molecular weight is 435 g/mol. The Bertz CT molecular complexity index is 1310. The third-order valence-corrected chi connectivity index (χ3v) is 5.54. The Balaban J connectivity index is 0.00000289. The summed E-state index contributed by atoms with van der Waals surface area (Å²) in [6.45, 7) is 2.09. The number of aromatic nitrogens is 2. The fourth-order valence-corrected chi connectivity index (χ4v) is 3.99. The second kappa shape index (κ2) is 9.73. The lowest BCUT2D eigenvalue weighted by molar-refractivity contribution is 0.356. The number of H-pyrrole nitrogens is 1. The van der Waals surface area contributed by atoms with Crippen molar-refractivity contribution in [1.82, 2.24) is 9.97 Å². The van der Waals surface area contributed by atoms with E-state index in [4.69, 9.17) is 14.2 Å². The summed E-state index contributed by atoms with van der Waals surface area (Å²) in [5.41, 5.74) is 3.33. The molecule has 0 aliphatic carbocycles. The Morgan fingerprint density at radius 1 is 0.938 bits per heavy atom. The molecule has 0 aliphatic heterocycles. The molecule has 0 amide bonds. The van der Waals surface area contributed by atoms with E-state index in [1.807, 2.05) is 36.5 Å². The zero-order valence-corrected chi connectivity index (χ0v) is 18.2. The molecular weight excluding hydrogens is 404 g/mol. The van der Waals surface area contributed by atoms with E-state index in [1.165, 1.54) is 0 Å². The molecule has 0 aliphatic rings. The molecule has 0 fully saturated rings. The topological polar surface area (TPSA) is 73.4 Å². The number of ether oxygens (including phenoxy) is 3. The Morgan fingerprint density at radius 2 is 1.66 bits per heavy atom. The van der Waals surface area contributed by atoms with Gasteiger partial charge in [0.25, 0.3) is 5.56 Å². The van der Waals surface area contributed by atoms with Crippen LogP contribution in [0.5, 0.6) is 17.2 Å². The highest BCUT2D eigenvalue weighted by atomic mass is 16.5. The minimum absolute atomic E-state index is 0. The fourth-order valence-electron chi connectivity index (χ4n) is 3.99. The van der Waals surface area contributed by atoms with Crippen molar-refractivity contribution in [2.24, 2.45) is 0 Å². The van der Waals surface area contributed by atoms with Crippen molar-refractivity contribution in [2.75, 3.05) is 21.3 Å². The van der Waals surface area contributed by atoms with E-state index >= 15 is 0 Å². The lowest BCUT2D eigenvalue weighted by Gasteiger charge is -2.15. The first-order chi connectivity index (χ1) is 15.1. The summed E-state index contributed by atoms with van der Waals surface area (Å²) in [6.07, 6.45) is 3.97. The maximum Gasteiger partial charge on any atom is 0.252 e. The van der Waals surface area contributed by atoms with Gasteiger partial charge in [0, 0.05) is 34.6 Å². The zero-order valence-electron chi connectivity index (χ0n) is 18.2. The van der Waals surface area contributed by atoms with Gasteiger partial charge >= 0.3 is 0 Å². The van der Waals surface area contributed by atoms with Crippen LogP contribution in [0.1, 0.15) is 37.6 Å². The van der Waals surface area contributed by atoms with Crippen molar-refractivity contribution in [2.45, 2.75) is 33.6 Å². The highest BCUT2D eigenvalue weighted by Crippen LogP contribution is 2.35. The van der Waals surface area contributed by atoms with E-state index in [-0.39, 0.29) is 13.0 Å². The molecule has 2 aromatic carbocycles. The van der Waals surface area contributed by atoms with E-state index < -0.39 is 0 Å². The number of pyridine rings is 2. The normalized spacial score (nSPS) is 10.8. The quantitative estimate of drug-likeness (QED) is 0.428. The predicted octanol–water partition coefficient (Wildman–Crippen LogP) is 5.28. The minimum Gasteiger partial charge on any atom is -0.497 e. The molecule has 0 saturated heterocycles. The standard InChI is InChI=1S/C25H26N2O4.CH4/c1-5-6-22-19-13-24(31-4)23(30-3)12-18(19)20(25(28)27-22)10-15-9-16-11-17(29-2)7-8-21(16)26-14-15;/h7-9,11-14H,5-6,10H2,1-4H3,(H,27,28);1H4. The number of benzene rings is 2. The van der Waals surface area contributed by atoms with Crippen LogP contribution in [0, 0.1) is 0 Å². The highest BCUT2D eigenvalue weighted by molar-refractivity contribution is 5.91. The molecule has 4 rings (SSSR count). The predicted molar refractivity (Wildman–Crippen MR) is 129 cm³/mol. The van der Waals surface area contributed by atoms with Gasteiger partial charge in [-0.25, -0.2) is 0 Å². The summed E-state index contributed by atoms with van der Waals surface area (Å²) in [4.78, 5) is 20.7. The van der Waals surface area contributed by atoms with Crippen molar-refractivity contribution in [3.8, 4) is 17.2 Å². The molecule has 0 unspecified atom stereocenters. The first-order valence-electron chi connectivity index (χ1n) is 10.3. The number of methoxy groups -OCH3 is 3. The molecule has 0 atom stereocenters. The van der Waals surface area contributed by atoms with Gasteiger partial charge in [-0.3, -0.25) is 9.78 Å². The van der Waals surface area contributed by atoms with Gasteiger partial charge in [0.1, 0.15) is 5.75 Å². The molecule has 0 saturated carbocycles. The molecule has 4 aromatic rings. The Hall–Kier alpha value is -3.54. The summed E-state index contributed by atoms with van der Waals surface area (Å²) in [5, 5.41) is 2.82. The van der Waals surface area contributed by atoms with Crippen molar-refractivity contribution in [1.29, 1.82) is 0 Å². The monoisotopic (exact) mass is 434 g/mol. The molecule has 6 heteroatoms. The number of hydrogen-bond acceptors (Lipinski definition) is 5. The van der Waals surface area contributed by atoms with Crippen LogP contribution < -0.4 is 19.8 Å². The average Bonchev–Trinajstić information content (AvgIpc) is 2.80. The van der Waals surface area contributed by atoms with E-state index in [2.05, 4.69) is 23.0 Å². The number of hydrogen-bond donors (Lipinski definition) is 1. The molecule has 168 valence electrons. The van der Waals surface area contributed by atoms with Gasteiger partial charge in [0.2, 0.25) is 0 Å². The second-order valence-corrected chi connectivity index (χ2v) is 7.49. The minimum atomic E-state index is -0.0890. The first kappa shape index (κ1) is 23.1. The third-order valence-electron chi connectivity index (χ3n) is 5.54. The van der Waals surface area contributed by atoms with Gasteiger partial charge in [-0.2, -0.15) is 0 Å². The zero-order chi connectivity index (χ0) is 22.0. The molecule has 2 aromatic heterocycles. The van der Waals surface area contributed by atoms with E-state index in [0.717, 1.165) is 51.5 Å². The molecule has 1 N–H and O–H groups in total. The van der Waals surface area contributed by atoms with Crippen molar-refractivity contribution in [3.63, 3.8) is 0 Å². The van der Waals surface area contributed by atoms with Gasteiger partial charge in [-0.1, -0.05) is 20.8 Å². The van der Waals surface area contributed by atoms with E-state index in [1.54, 1.807) is 21.3 Å². The number of aromatic amines is 1. The van der Waals surface area contributed by atoms with Gasteiger partial charge in [0.05, 0.1) is 26.8 Å². The lowest BCUT2D eigenvalue weighted by atomic mass is 9.97. The number of rotatable bonds is 7. The highest BCUT2D eigenvalue weighted by Gasteiger charge is 2.16. The third kappa shape index (κ3) is 4.26. The van der Waals surface area contributed by atoms with Crippen molar-refractivity contribution >= 4 is 21.7 Å². The Labute approximate surface area is 188 Å². The summed E-state index contributed by atoms with van der Waals surface area (Å²) >= 11 is 0.